The van der Waals surface area contributed by atoms with Gasteiger partial charge in [0.2, 0.25) is 0 Å². The molecule has 1 N–H and O–H groups in total. The number of aromatic amines is 1. The van der Waals surface area contributed by atoms with Crippen LogP contribution in [0.4, 0.5) is 13.2 Å². The second-order valence-electron chi connectivity index (χ2n) is 5.87. The summed E-state index contributed by atoms with van der Waals surface area (Å²) in [6.45, 7) is 2.05. The van der Waals surface area contributed by atoms with Crippen LogP contribution in [0.1, 0.15) is 12.5 Å². The first kappa shape index (κ1) is 17.0. The van der Waals surface area contributed by atoms with Crippen molar-refractivity contribution in [3.05, 3.63) is 42.1 Å². The number of nitrogens with zero attached hydrogens (tertiary/aromatic N) is 3. The molecule has 4 nitrogen and oxygen atoms in total. The standard InChI is InChI=1S/C18H15F3N4S/c1-3-26-17-14(11-6-4-5-7-12(11)24-17)16-23-13-8-10(18(19,20)21)9-22-15(13)25(16)2/h4-9,24H,3H2,1-2H3. The normalized spacial score (nSPS) is 12.3. The molecular weight excluding hydrogens is 361 g/mol. The maximum Gasteiger partial charge on any atom is 0.417 e. The van der Waals surface area contributed by atoms with E-state index in [1.807, 2.05) is 31.2 Å². The molecule has 0 unspecified atom stereocenters. The molecule has 0 spiro atoms. The number of halogens is 3. The van der Waals surface area contributed by atoms with Gasteiger partial charge >= 0.3 is 6.18 Å². The van der Waals surface area contributed by atoms with E-state index in [2.05, 4.69) is 15.0 Å². The van der Waals surface area contributed by atoms with E-state index in [-0.39, 0.29) is 5.52 Å². The SMILES string of the molecule is CCSc1[nH]c2ccccc2c1-c1nc2cc(C(F)(F)F)cnc2n1C. The van der Waals surface area contributed by atoms with Gasteiger partial charge in [-0.25, -0.2) is 9.97 Å². The van der Waals surface area contributed by atoms with Crippen molar-refractivity contribution in [3.8, 4) is 11.4 Å². The molecule has 0 saturated heterocycles. The van der Waals surface area contributed by atoms with Crippen LogP contribution in [0.15, 0.2) is 41.6 Å². The lowest BCUT2D eigenvalue weighted by atomic mass is 10.1. The second kappa shape index (κ2) is 6.05. The highest BCUT2D eigenvalue weighted by molar-refractivity contribution is 7.99. The Labute approximate surface area is 151 Å². The van der Waals surface area contributed by atoms with Gasteiger partial charge in [-0.2, -0.15) is 13.2 Å². The number of aromatic nitrogens is 4. The second-order valence-corrected chi connectivity index (χ2v) is 7.14. The Morgan fingerprint density at radius 3 is 2.73 bits per heavy atom. The number of thioether (sulfide) groups is 1. The summed E-state index contributed by atoms with van der Waals surface area (Å²) in [5.41, 5.74) is 1.72. The lowest BCUT2D eigenvalue weighted by Gasteiger charge is -2.05. The zero-order chi connectivity index (χ0) is 18.5. The number of para-hydroxylation sites is 1. The first-order chi connectivity index (χ1) is 12.4. The highest BCUT2D eigenvalue weighted by Crippen LogP contribution is 2.38. The molecule has 0 saturated carbocycles. The molecule has 4 aromatic rings. The molecule has 0 bridgehead atoms. The summed E-state index contributed by atoms with van der Waals surface area (Å²) in [6, 6.07) is 8.88. The number of nitrogens with one attached hydrogen (secondary N) is 1. The molecule has 1 aromatic carbocycles. The van der Waals surface area contributed by atoms with Gasteiger partial charge in [0.15, 0.2) is 5.65 Å². The first-order valence-corrected chi connectivity index (χ1v) is 9.02. The summed E-state index contributed by atoms with van der Waals surface area (Å²) in [6.07, 6.45) is -3.59. The average molecular weight is 376 g/mol. The minimum absolute atomic E-state index is 0.232. The van der Waals surface area contributed by atoms with Gasteiger partial charge in [-0.15, -0.1) is 11.8 Å². The van der Waals surface area contributed by atoms with Crippen molar-refractivity contribution in [2.45, 2.75) is 18.1 Å². The lowest BCUT2D eigenvalue weighted by Crippen LogP contribution is -2.05. The van der Waals surface area contributed by atoms with Crippen LogP contribution in [0.25, 0.3) is 33.5 Å². The fraction of sp³-hybridized carbons (Fsp3) is 0.222. The van der Waals surface area contributed by atoms with E-state index < -0.39 is 11.7 Å². The number of imidazole rings is 1. The fourth-order valence-corrected chi connectivity index (χ4v) is 3.86. The Hall–Kier alpha value is -2.48. The highest BCUT2D eigenvalue weighted by Gasteiger charge is 2.32. The summed E-state index contributed by atoms with van der Waals surface area (Å²) in [4.78, 5) is 11.9. The van der Waals surface area contributed by atoms with Gasteiger partial charge in [0.25, 0.3) is 0 Å². The van der Waals surface area contributed by atoms with Crippen molar-refractivity contribution in [3.63, 3.8) is 0 Å². The van der Waals surface area contributed by atoms with Crippen molar-refractivity contribution in [2.24, 2.45) is 7.05 Å². The van der Waals surface area contributed by atoms with Crippen molar-refractivity contribution in [2.75, 3.05) is 5.75 Å². The molecular formula is C18H15F3N4S. The number of H-pyrrole nitrogens is 1. The van der Waals surface area contributed by atoms with Crippen LogP contribution < -0.4 is 0 Å². The van der Waals surface area contributed by atoms with Gasteiger partial charge in [0.1, 0.15) is 11.3 Å². The van der Waals surface area contributed by atoms with Crippen LogP contribution in [0, 0.1) is 0 Å². The predicted molar refractivity (Wildman–Crippen MR) is 97.2 cm³/mol. The zero-order valence-electron chi connectivity index (χ0n) is 14.1. The summed E-state index contributed by atoms with van der Waals surface area (Å²) < 4.78 is 40.7. The van der Waals surface area contributed by atoms with Gasteiger partial charge in [0, 0.05) is 24.1 Å². The van der Waals surface area contributed by atoms with E-state index in [9.17, 15) is 13.2 Å². The Morgan fingerprint density at radius 1 is 1.23 bits per heavy atom. The molecule has 0 aliphatic carbocycles. The van der Waals surface area contributed by atoms with Crippen molar-refractivity contribution in [1.29, 1.82) is 0 Å². The van der Waals surface area contributed by atoms with Crippen LogP contribution in [0.2, 0.25) is 0 Å². The Balaban J connectivity index is 1.99. The molecule has 0 amide bonds. The third-order valence-corrected chi connectivity index (χ3v) is 5.10. The Kier molecular flexibility index (Phi) is 3.95. The number of benzene rings is 1. The van der Waals surface area contributed by atoms with Crippen LogP contribution >= 0.6 is 11.8 Å². The summed E-state index contributed by atoms with van der Waals surface area (Å²) in [7, 11) is 1.77. The Morgan fingerprint density at radius 2 is 2.00 bits per heavy atom. The van der Waals surface area contributed by atoms with E-state index >= 15 is 0 Å². The quantitative estimate of drug-likeness (QED) is 0.497. The van der Waals surface area contributed by atoms with E-state index in [0.29, 0.717) is 11.5 Å². The van der Waals surface area contributed by atoms with Crippen molar-refractivity contribution < 1.29 is 13.2 Å². The first-order valence-electron chi connectivity index (χ1n) is 8.03. The van der Waals surface area contributed by atoms with Crippen LogP contribution in [-0.2, 0) is 13.2 Å². The molecule has 0 aliphatic heterocycles. The van der Waals surface area contributed by atoms with Gasteiger partial charge in [-0.05, 0) is 17.9 Å². The molecule has 0 atom stereocenters. The molecule has 4 rings (SSSR count). The molecule has 3 heterocycles. The number of hydrogen-bond acceptors (Lipinski definition) is 3. The molecule has 0 fully saturated rings. The lowest BCUT2D eigenvalue weighted by molar-refractivity contribution is -0.137. The Bertz CT molecular complexity index is 1110. The molecule has 134 valence electrons. The predicted octanol–water partition coefficient (Wildman–Crippen LogP) is 5.25. The third kappa shape index (κ3) is 2.65. The summed E-state index contributed by atoms with van der Waals surface area (Å²) in [5.74, 6) is 1.46. The molecule has 0 aliphatic rings. The third-order valence-electron chi connectivity index (χ3n) is 4.22. The number of rotatable bonds is 3. The van der Waals surface area contributed by atoms with Crippen molar-refractivity contribution >= 4 is 33.8 Å². The minimum atomic E-state index is -4.44. The average Bonchev–Trinajstić information content (AvgIpc) is 3.11. The number of pyridine rings is 1. The van der Waals surface area contributed by atoms with Crippen molar-refractivity contribution in [1.82, 2.24) is 19.5 Å². The monoisotopic (exact) mass is 376 g/mol. The number of aryl methyl sites for hydroxylation is 1. The van der Waals surface area contributed by atoms with E-state index in [4.69, 9.17) is 0 Å². The van der Waals surface area contributed by atoms with E-state index in [1.165, 1.54) is 0 Å². The highest BCUT2D eigenvalue weighted by atomic mass is 32.2. The van der Waals surface area contributed by atoms with Gasteiger partial charge in [-0.1, -0.05) is 25.1 Å². The van der Waals surface area contributed by atoms with E-state index in [0.717, 1.165) is 39.5 Å². The smallest absolute Gasteiger partial charge is 0.349 e. The van der Waals surface area contributed by atoms with Crippen LogP contribution in [-0.4, -0.2) is 25.3 Å². The summed E-state index contributed by atoms with van der Waals surface area (Å²) >= 11 is 1.64. The molecule has 8 heteroatoms. The largest absolute Gasteiger partial charge is 0.417 e. The number of fused-ring (bicyclic) bond motifs is 2. The van der Waals surface area contributed by atoms with Gasteiger partial charge in [0.05, 0.1) is 16.2 Å². The molecule has 3 aromatic heterocycles. The summed E-state index contributed by atoms with van der Waals surface area (Å²) in [5, 5.41) is 1.93. The minimum Gasteiger partial charge on any atom is -0.349 e. The van der Waals surface area contributed by atoms with E-state index in [1.54, 1.807) is 23.4 Å². The van der Waals surface area contributed by atoms with Crippen LogP contribution in [0.5, 0.6) is 0 Å². The zero-order valence-corrected chi connectivity index (χ0v) is 14.9. The topological polar surface area (TPSA) is 46.5 Å². The van der Waals surface area contributed by atoms with Crippen LogP contribution in [0.3, 0.4) is 0 Å². The fourth-order valence-electron chi connectivity index (χ4n) is 3.05. The van der Waals surface area contributed by atoms with Gasteiger partial charge < -0.3 is 9.55 Å². The van der Waals surface area contributed by atoms with Gasteiger partial charge in [-0.3, -0.25) is 0 Å². The number of alkyl halides is 3. The molecule has 0 radical (unpaired) electrons. The molecule has 26 heavy (non-hydrogen) atoms. The maximum absolute atomic E-state index is 13.0. The maximum atomic E-state index is 13.0. The number of hydrogen-bond donors (Lipinski definition) is 1.